The molecular weight excluding hydrogens is 288 g/mol. The smallest absolute Gasteiger partial charge is 0.254 e. The molecule has 1 fully saturated rings. The molecule has 1 amide bonds. The van der Waals surface area contributed by atoms with E-state index in [-0.39, 0.29) is 11.9 Å². The van der Waals surface area contributed by atoms with Crippen molar-refractivity contribution in [1.29, 1.82) is 0 Å². The van der Waals surface area contributed by atoms with Crippen LogP contribution in [0, 0.1) is 6.92 Å². The molecule has 0 atom stereocenters. The van der Waals surface area contributed by atoms with Gasteiger partial charge in [-0.3, -0.25) is 9.48 Å². The molecule has 3 heterocycles. The van der Waals surface area contributed by atoms with Crippen molar-refractivity contribution >= 4 is 22.6 Å². The summed E-state index contributed by atoms with van der Waals surface area (Å²) in [4.78, 5) is 18.7. The average molecular weight is 306 g/mol. The van der Waals surface area contributed by atoms with Gasteiger partial charge in [0.05, 0.1) is 11.8 Å². The maximum Gasteiger partial charge on any atom is 0.254 e. The Bertz CT molecular complexity index is 628. The van der Waals surface area contributed by atoms with E-state index in [4.69, 9.17) is 0 Å². The highest BCUT2D eigenvalue weighted by atomic mass is 32.1. The maximum atomic E-state index is 12.1. The zero-order valence-corrected chi connectivity index (χ0v) is 12.9. The summed E-state index contributed by atoms with van der Waals surface area (Å²) in [6.45, 7) is 3.69. The van der Waals surface area contributed by atoms with Gasteiger partial charge in [0, 0.05) is 43.9 Å². The molecule has 0 unspecified atom stereocenters. The molecule has 0 bridgehead atoms. The second-order valence-corrected chi connectivity index (χ2v) is 5.99. The minimum Gasteiger partial charge on any atom is -0.349 e. The van der Waals surface area contributed by atoms with Crippen molar-refractivity contribution < 1.29 is 4.79 Å². The van der Waals surface area contributed by atoms with Gasteiger partial charge < -0.3 is 10.2 Å². The highest BCUT2D eigenvalue weighted by Gasteiger charge is 2.23. The molecule has 8 heteroatoms. The SMILES string of the molecule is Cc1nsc(N2CCC(NC(=O)c3cnn(C)c3)CC2)n1. The summed E-state index contributed by atoms with van der Waals surface area (Å²) >= 11 is 1.44. The van der Waals surface area contributed by atoms with E-state index in [9.17, 15) is 4.79 Å². The number of aryl methyl sites for hydroxylation is 2. The molecule has 1 N–H and O–H groups in total. The standard InChI is InChI=1S/C13H18N6OS/c1-9-15-13(21-17-9)19-5-3-11(4-6-19)16-12(20)10-7-14-18(2)8-10/h7-8,11H,3-6H2,1-2H3,(H,16,20). The lowest BCUT2D eigenvalue weighted by Gasteiger charge is -2.31. The number of anilines is 1. The molecular formula is C13H18N6OS. The normalized spacial score (nSPS) is 16.2. The van der Waals surface area contributed by atoms with Crippen molar-refractivity contribution in [2.45, 2.75) is 25.8 Å². The van der Waals surface area contributed by atoms with E-state index in [1.54, 1.807) is 24.1 Å². The minimum absolute atomic E-state index is 0.0479. The quantitative estimate of drug-likeness (QED) is 0.915. The lowest BCUT2D eigenvalue weighted by Crippen LogP contribution is -2.44. The molecule has 1 aliphatic heterocycles. The second kappa shape index (κ2) is 5.80. The Labute approximate surface area is 127 Å². The Morgan fingerprint density at radius 1 is 1.43 bits per heavy atom. The molecule has 2 aromatic heterocycles. The number of carbonyl (C=O) groups excluding carboxylic acids is 1. The van der Waals surface area contributed by atoms with Crippen LogP contribution in [0.4, 0.5) is 5.13 Å². The summed E-state index contributed by atoms with van der Waals surface area (Å²) in [6.07, 6.45) is 5.16. The third-order valence-electron chi connectivity index (χ3n) is 3.58. The monoisotopic (exact) mass is 306 g/mol. The van der Waals surface area contributed by atoms with Gasteiger partial charge in [-0.15, -0.1) is 0 Å². The van der Waals surface area contributed by atoms with E-state index in [0.717, 1.165) is 36.9 Å². The Morgan fingerprint density at radius 2 is 2.19 bits per heavy atom. The molecule has 0 saturated carbocycles. The lowest BCUT2D eigenvalue weighted by molar-refractivity contribution is 0.0931. The third kappa shape index (κ3) is 3.21. The van der Waals surface area contributed by atoms with Crippen LogP contribution in [0.25, 0.3) is 0 Å². The molecule has 1 aliphatic rings. The molecule has 0 aromatic carbocycles. The Balaban J connectivity index is 1.53. The fourth-order valence-electron chi connectivity index (χ4n) is 2.44. The van der Waals surface area contributed by atoms with Gasteiger partial charge in [-0.05, 0) is 19.8 Å². The van der Waals surface area contributed by atoms with E-state index in [1.807, 2.05) is 6.92 Å². The lowest BCUT2D eigenvalue weighted by atomic mass is 10.1. The molecule has 21 heavy (non-hydrogen) atoms. The predicted molar refractivity (Wildman–Crippen MR) is 80.6 cm³/mol. The summed E-state index contributed by atoms with van der Waals surface area (Å²) in [5.41, 5.74) is 0.611. The topological polar surface area (TPSA) is 75.9 Å². The van der Waals surface area contributed by atoms with Crippen LogP contribution in [-0.4, -0.2) is 44.2 Å². The van der Waals surface area contributed by atoms with Crippen molar-refractivity contribution in [3.05, 3.63) is 23.8 Å². The number of carbonyl (C=O) groups is 1. The Hall–Kier alpha value is -1.96. The molecule has 2 aromatic rings. The Kier molecular flexibility index (Phi) is 3.87. The number of aromatic nitrogens is 4. The zero-order chi connectivity index (χ0) is 14.8. The summed E-state index contributed by atoms with van der Waals surface area (Å²) < 4.78 is 5.85. The van der Waals surface area contributed by atoms with E-state index in [1.165, 1.54) is 11.5 Å². The van der Waals surface area contributed by atoms with Crippen molar-refractivity contribution in [1.82, 2.24) is 24.5 Å². The minimum atomic E-state index is -0.0479. The van der Waals surface area contributed by atoms with Crippen LogP contribution in [0.5, 0.6) is 0 Å². The summed E-state index contributed by atoms with van der Waals surface area (Å²) in [6, 6.07) is 0.211. The first-order chi connectivity index (χ1) is 10.1. The van der Waals surface area contributed by atoms with Crippen molar-refractivity contribution in [2.75, 3.05) is 18.0 Å². The van der Waals surface area contributed by atoms with Gasteiger partial charge in [0.25, 0.3) is 5.91 Å². The second-order valence-electron chi connectivity index (χ2n) is 5.26. The van der Waals surface area contributed by atoms with E-state index in [0.29, 0.717) is 5.56 Å². The van der Waals surface area contributed by atoms with Gasteiger partial charge in [-0.2, -0.15) is 9.47 Å². The Morgan fingerprint density at radius 3 is 2.76 bits per heavy atom. The number of piperidine rings is 1. The molecule has 7 nitrogen and oxygen atoms in total. The first-order valence-corrected chi connectivity index (χ1v) is 7.74. The van der Waals surface area contributed by atoms with Crippen LogP contribution in [0.3, 0.4) is 0 Å². The number of rotatable bonds is 3. The van der Waals surface area contributed by atoms with Crippen molar-refractivity contribution in [3.63, 3.8) is 0 Å². The van der Waals surface area contributed by atoms with Crippen LogP contribution in [0.2, 0.25) is 0 Å². The average Bonchev–Trinajstić information content (AvgIpc) is 3.08. The van der Waals surface area contributed by atoms with Gasteiger partial charge in [0.1, 0.15) is 5.82 Å². The molecule has 1 saturated heterocycles. The van der Waals surface area contributed by atoms with Crippen molar-refractivity contribution in [2.24, 2.45) is 7.05 Å². The fraction of sp³-hybridized carbons (Fsp3) is 0.538. The zero-order valence-electron chi connectivity index (χ0n) is 12.1. The number of nitrogens with zero attached hydrogens (tertiary/aromatic N) is 5. The predicted octanol–water partition coefficient (Wildman–Crippen LogP) is 0.979. The van der Waals surface area contributed by atoms with E-state index in [2.05, 4.69) is 24.7 Å². The molecule has 3 rings (SSSR count). The van der Waals surface area contributed by atoms with E-state index < -0.39 is 0 Å². The summed E-state index contributed by atoms with van der Waals surface area (Å²) in [5.74, 6) is 0.773. The maximum absolute atomic E-state index is 12.1. The van der Waals surface area contributed by atoms with Crippen molar-refractivity contribution in [3.8, 4) is 0 Å². The number of hydrogen-bond donors (Lipinski definition) is 1. The van der Waals surface area contributed by atoms with Crippen LogP contribution >= 0.6 is 11.5 Å². The molecule has 0 aliphatic carbocycles. The van der Waals surface area contributed by atoms with Gasteiger partial charge in [0.2, 0.25) is 5.13 Å². The molecule has 0 radical (unpaired) electrons. The first-order valence-electron chi connectivity index (χ1n) is 6.96. The highest BCUT2D eigenvalue weighted by Crippen LogP contribution is 2.21. The van der Waals surface area contributed by atoms with E-state index >= 15 is 0 Å². The van der Waals surface area contributed by atoms with Crippen LogP contribution in [0.15, 0.2) is 12.4 Å². The van der Waals surface area contributed by atoms with Gasteiger partial charge in [-0.1, -0.05) is 0 Å². The van der Waals surface area contributed by atoms with Gasteiger partial charge in [0.15, 0.2) is 0 Å². The van der Waals surface area contributed by atoms with Crippen LogP contribution < -0.4 is 10.2 Å². The summed E-state index contributed by atoms with van der Waals surface area (Å²) in [5, 5.41) is 8.07. The fourth-order valence-corrected chi connectivity index (χ4v) is 3.16. The van der Waals surface area contributed by atoms with Crippen LogP contribution in [0.1, 0.15) is 29.0 Å². The number of hydrogen-bond acceptors (Lipinski definition) is 6. The van der Waals surface area contributed by atoms with Gasteiger partial charge >= 0.3 is 0 Å². The molecule has 112 valence electrons. The third-order valence-corrected chi connectivity index (χ3v) is 4.45. The molecule has 0 spiro atoms. The summed E-state index contributed by atoms with van der Waals surface area (Å²) in [7, 11) is 1.80. The highest BCUT2D eigenvalue weighted by molar-refractivity contribution is 7.09. The van der Waals surface area contributed by atoms with Crippen LogP contribution in [-0.2, 0) is 7.05 Å². The van der Waals surface area contributed by atoms with Gasteiger partial charge in [-0.25, -0.2) is 4.98 Å². The number of amides is 1. The number of nitrogens with one attached hydrogen (secondary N) is 1. The largest absolute Gasteiger partial charge is 0.349 e. The first kappa shape index (κ1) is 14.0.